The van der Waals surface area contributed by atoms with Crippen LogP contribution in [0, 0.1) is 11.8 Å². The second kappa shape index (κ2) is 9.76. The minimum atomic E-state index is -0.758. The summed E-state index contributed by atoms with van der Waals surface area (Å²) in [5.41, 5.74) is 1.25. The van der Waals surface area contributed by atoms with Crippen LogP contribution in [0.5, 0.6) is 0 Å². The third kappa shape index (κ3) is 4.26. The van der Waals surface area contributed by atoms with Gasteiger partial charge in [0.2, 0.25) is 17.7 Å². The first-order valence-electron chi connectivity index (χ1n) is 11.5. The van der Waals surface area contributed by atoms with Gasteiger partial charge < -0.3 is 20.6 Å². The topological polar surface area (TPSA) is 98.7 Å². The number of aliphatic hydroxyl groups is 1. The van der Waals surface area contributed by atoms with Crippen molar-refractivity contribution in [2.45, 2.75) is 33.7 Å². The molecule has 0 aromatic heterocycles. The lowest BCUT2D eigenvalue weighted by atomic mass is 9.70. The fourth-order valence-electron chi connectivity index (χ4n) is 5.70. The van der Waals surface area contributed by atoms with Crippen molar-refractivity contribution in [1.82, 2.24) is 4.90 Å². The second-order valence-electron chi connectivity index (χ2n) is 9.12. The van der Waals surface area contributed by atoms with Gasteiger partial charge in [-0.25, -0.2) is 0 Å². The Labute approximate surface area is 221 Å². The number of carbonyl (C=O) groups excluding carboxylic acids is 3. The Balaban J connectivity index is 1.48. The second-order valence-corrected chi connectivity index (χ2v) is 12.3. The summed E-state index contributed by atoms with van der Waals surface area (Å²) in [6, 6.07) is 15.2. The zero-order chi connectivity index (χ0) is 24.7. The maximum absolute atomic E-state index is 13.8. The van der Waals surface area contributed by atoms with Crippen molar-refractivity contribution in [1.29, 1.82) is 0 Å². The van der Waals surface area contributed by atoms with Gasteiger partial charge in [0, 0.05) is 39.6 Å². The van der Waals surface area contributed by atoms with Crippen molar-refractivity contribution >= 4 is 68.4 Å². The van der Waals surface area contributed by atoms with Crippen molar-refractivity contribution in [2.24, 2.45) is 11.8 Å². The van der Waals surface area contributed by atoms with Crippen LogP contribution in [0.2, 0.25) is 5.02 Å². The maximum atomic E-state index is 13.8. The lowest BCUT2D eigenvalue weighted by molar-refractivity contribution is -0.138. The summed E-state index contributed by atoms with van der Waals surface area (Å²) in [6.07, 6.45) is 0.953. The molecule has 6 atom stereocenters. The van der Waals surface area contributed by atoms with Crippen LogP contribution in [-0.4, -0.2) is 61.7 Å². The molecule has 3 fully saturated rings. The van der Waals surface area contributed by atoms with Gasteiger partial charge in [0.15, 0.2) is 0 Å². The number of benzene rings is 2. The molecule has 0 aliphatic carbocycles. The van der Waals surface area contributed by atoms with Gasteiger partial charge >= 0.3 is 0 Å². The summed E-state index contributed by atoms with van der Waals surface area (Å²) in [7, 11) is 0. The van der Waals surface area contributed by atoms with Crippen LogP contribution in [0.4, 0.5) is 11.4 Å². The van der Waals surface area contributed by atoms with Gasteiger partial charge in [-0.2, -0.15) is 0 Å². The number of likely N-dealkylation sites (tertiary alicyclic amines) is 1. The highest BCUT2D eigenvalue weighted by molar-refractivity contribution is 9.09. The molecule has 3 aliphatic rings. The van der Waals surface area contributed by atoms with Gasteiger partial charge in [-0.1, -0.05) is 45.7 Å². The first kappa shape index (κ1) is 24.6. The molecule has 1 spiro atoms. The van der Waals surface area contributed by atoms with Crippen molar-refractivity contribution in [3.8, 4) is 0 Å². The van der Waals surface area contributed by atoms with E-state index >= 15 is 0 Å². The van der Waals surface area contributed by atoms with Crippen LogP contribution in [0.25, 0.3) is 0 Å². The van der Waals surface area contributed by atoms with E-state index in [9.17, 15) is 19.5 Å². The molecule has 3 saturated heterocycles. The van der Waals surface area contributed by atoms with E-state index in [-0.39, 0.29) is 41.0 Å². The smallest absolute Gasteiger partial charge is 0.248 e. The predicted molar refractivity (Wildman–Crippen MR) is 141 cm³/mol. The molecule has 184 valence electrons. The Kier molecular flexibility index (Phi) is 6.87. The molecule has 3 heterocycles. The number of fused-ring (bicyclic) bond motifs is 1. The average molecular weight is 579 g/mol. The molecule has 2 aromatic carbocycles. The SMILES string of the molecule is O=C(Nc1ccc(Cl)cc1)C1N(CCCO)C(=O)[C@@H]2[C@H](C(=O)Nc3ccccc3)[C@H]3SC12CC3Br. The number of hydrogen-bond donors (Lipinski definition) is 3. The van der Waals surface area contributed by atoms with Crippen LogP contribution in [0.3, 0.4) is 0 Å². The summed E-state index contributed by atoms with van der Waals surface area (Å²) < 4.78 is -0.736. The summed E-state index contributed by atoms with van der Waals surface area (Å²) in [5.74, 6) is -1.89. The molecule has 7 nitrogen and oxygen atoms in total. The van der Waals surface area contributed by atoms with Gasteiger partial charge in [0.05, 0.1) is 16.6 Å². The molecule has 10 heteroatoms. The quantitative estimate of drug-likeness (QED) is 0.435. The van der Waals surface area contributed by atoms with Gasteiger partial charge in [0.1, 0.15) is 6.04 Å². The molecule has 2 aromatic rings. The third-order valence-corrected chi connectivity index (χ3v) is 10.5. The standard InChI is InChI=1S/C25H25BrClN3O4S/c26-17-13-25-19(18(20(17)35-25)22(32)28-15-5-2-1-3-6-15)24(34)30(11-4-12-31)21(25)23(33)29-16-9-7-14(27)8-10-16/h1-3,5-10,17-21,31H,4,11-13H2,(H,28,32)(H,29,33)/t17?,18-,19-,20-,21?,25?/m0/s1. The fourth-order valence-corrected chi connectivity index (χ4v) is 9.44. The molecule has 2 bridgehead atoms. The largest absolute Gasteiger partial charge is 0.396 e. The van der Waals surface area contributed by atoms with Crippen LogP contribution in [0.15, 0.2) is 54.6 Å². The molecule has 3 aliphatic heterocycles. The minimum Gasteiger partial charge on any atom is -0.396 e. The Bertz CT molecular complexity index is 1140. The number of nitrogens with one attached hydrogen (secondary N) is 2. The molecule has 3 unspecified atom stereocenters. The zero-order valence-electron chi connectivity index (χ0n) is 18.7. The molecule has 3 N–H and O–H groups in total. The van der Waals surface area contributed by atoms with Gasteiger partial charge in [-0.05, 0) is 49.2 Å². The first-order chi connectivity index (χ1) is 16.9. The van der Waals surface area contributed by atoms with Crippen molar-refractivity contribution in [3.63, 3.8) is 0 Å². The Hall–Kier alpha value is -2.07. The van der Waals surface area contributed by atoms with E-state index in [0.717, 1.165) is 0 Å². The Morgan fingerprint density at radius 1 is 1.09 bits per heavy atom. The lowest BCUT2D eigenvalue weighted by Crippen LogP contribution is -2.52. The van der Waals surface area contributed by atoms with Crippen molar-refractivity contribution in [2.75, 3.05) is 23.8 Å². The first-order valence-corrected chi connectivity index (χ1v) is 13.7. The number of carbonyl (C=O) groups is 3. The molecule has 3 amide bonds. The number of amides is 3. The minimum absolute atomic E-state index is 0.00769. The van der Waals surface area contributed by atoms with Crippen LogP contribution >= 0.6 is 39.3 Å². The van der Waals surface area contributed by atoms with E-state index in [1.807, 2.05) is 30.3 Å². The number of thioether (sulfide) groups is 1. The number of para-hydroxylation sites is 1. The third-order valence-electron chi connectivity index (χ3n) is 7.05. The summed E-state index contributed by atoms with van der Waals surface area (Å²) >= 11 is 11.3. The molecule has 0 radical (unpaired) electrons. The number of halogens is 2. The molecule has 35 heavy (non-hydrogen) atoms. The van der Waals surface area contributed by atoms with Crippen molar-refractivity contribution < 1.29 is 19.5 Å². The highest BCUT2D eigenvalue weighted by Gasteiger charge is 2.75. The average Bonchev–Trinajstić information content (AvgIpc) is 3.43. The molecular weight excluding hydrogens is 554 g/mol. The maximum Gasteiger partial charge on any atom is 0.248 e. The molecule has 0 saturated carbocycles. The Morgan fingerprint density at radius 3 is 2.43 bits per heavy atom. The van der Waals surface area contributed by atoms with E-state index in [2.05, 4.69) is 26.6 Å². The highest BCUT2D eigenvalue weighted by atomic mass is 79.9. The monoisotopic (exact) mass is 577 g/mol. The van der Waals surface area contributed by atoms with Crippen LogP contribution < -0.4 is 10.6 Å². The zero-order valence-corrected chi connectivity index (χ0v) is 21.9. The predicted octanol–water partition coefficient (Wildman–Crippen LogP) is 3.76. The molecular formula is C25H25BrClN3O4S. The van der Waals surface area contributed by atoms with Gasteiger partial charge in [-0.3, -0.25) is 14.4 Å². The number of alkyl halides is 1. The lowest BCUT2D eigenvalue weighted by Gasteiger charge is -2.35. The summed E-state index contributed by atoms with van der Waals surface area (Å²) in [6.45, 7) is 0.152. The van der Waals surface area contributed by atoms with Crippen molar-refractivity contribution in [3.05, 3.63) is 59.6 Å². The van der Waals surface area contributed by atoms with Gasteiger partial charge in [0.25, 0.3) is 0 Å². The fraction of sp³-hybridized carbons (Fsp3) is 0.400. The van der Waals surface area contributed by atoms with E-state index in [1.54, 1.807) is 40.9 Å². The number of hydrogen-bond acceptors (Lipinski definition) is 5. The summed E-state index contributed by atoms with van der Waals surface area (Å²) in [5, 5.41) is 15.8. The number of nitrogens with zero attached hydrogens (tertiary/aromatic N) is 1. The summed E-state index contributed by atoms with van der Waals surface area (Å²) in [4.78, 5) is 42.5. The molecule has 5 rings (SSSR count). The number of aliphatic hydroxyl groups excluding tert-OH is 1. The van der Waals surface area contributed by atoms with Gasteiger partial charge in [-0.15, -0.1) is 11.8 Å². The normalized spacial score (nSPS) is 30.9. The highest BCUT2D eigenvalue weighted by Crippen LogP contribution is 2.67. The van der Waals surface area contributed by atoms with E-state index in [0.29, 0.717) is 29.2 Å². The Morgan fingerprint density at radius 2 is 1.74 bits per heavy atom. The van der Waals surface area contributed by atoms with Crippen LogP contribution in [0.1, 0.15) is 12.8 Å². The van der Waals surface area contributed by atoms with E-state index in [1.165, 1.54) is 0 Å². The van der Waals surface area contributed by atoms with E-state index in [4.69, 9.17) is 11.6 Å². The van der Waals surface area contributed by atoms with Crippen LogP contribution in [-0.2, 0) is 14.4 Å². The number of anilines is 2. The van der Waals surface area contributed by atoms with E-state index < -0.39 is 22.6 Å². The number of rotatable bonds is 7.